The third-order valence-corrected chi connectivity index (χ3v) is 4.24. The molecule has 1 amide bonds. The number of hydrogen-bond donors (Lipinski definition) is 2. The standard InChI is InChI=1S/C19H22ClFN2O/c1-13(17-5-3-4-6-18(17)20)23-14(2)19(24)22-12-11-15-7-9-16(21)10-8-15/h3-10,13-14,23H,11-12H2,1-2H3,(H,22,24). The molecule has 3 nitrogen and oxygen atoms in total. The van der Waals surface area contributed by atoms with Gasteiger partial charge in [0.05, 0.1) is 6.04 Å². The third-order valence-electron chi connectivity index (χ3n) is 3.89. The molecule has 0 fully saturated rings. The molecule has 0 bridgehead atoms. The van der Waals surface area contributed by atoms with E-state index in [0.29, 0.717) is 18.0 Å². The summed E-state index contributed by atoms with van der Waals surface area (Å²) in [5.41, 5.74) is 1.95. The van der Waals surface area contributed by atoms with Gasteiger partial charge in [-0.3, -0.25) is 10.1 Å². The van der Waals surface area contributed by atoms with Gasteiger partial charge in [0, 0.05) is 17.6 Å². The number of carbonyl (C=O) groups is 1. The van der Waals surface area contributed by atoms with Crippen LogP contribution in [0.4, 0.5) is 4.39 Å². The van der Waals surface area contributed by atoms with Gasteiger partial charge in [-0.2, -0.15) is 0 Å². The van der Waals surface area contributed by atoms with Crippen molar-refractivity contribution in [1.82, 2.24) is 10.6 Å². The van der Waals surface area contributed by atoms with Crippen LogP contribution in [0.25, 0.3) is 0 Å². The summed E-state index contributed by atoms with van der Waals surface area (Å²) in [5, 5.41) is 6.82. The summed E-state index contributed by atoms with van der Waals surface area (Å²) in [6.45, 7) is 4.31. The molecule has 2 aromatic carbocycles. The molecule has 0 saturated carbocycles. The lowest BCUT2D eigenvalue weighted by Gasteiger charge is -2.20. The molecule has 128 valence electrons. The van der Waals surface area contributed by atoms with Crippen molar-refractivity contribution in [2.24, 2.45) is 0 Å². The van der Waals surface area contributed by atoms with Crippen LogP contribution < -0.4 is 10.6 Å². The highest BCUT2D eigenvalue weighted by atomic mass is 35.5. The first-order valence-electron chi connectivity index (χ1n) is 8.00. The Morgan fingerprint density at radius 3 is 2.46 bits per heavy atom. The van der Waals surface area contributed by atoms with Gasteiger partial charge in [0.1, 0.15) is 5.82 Å². The Hall–Kier alpha value is -1.91. The molecule has 0 aromatic heterocycles. The molecule has 2 atom stereocenters. The molecule has 2 unspecified atom stereocenters. The van der Waals surface area contributed by atoms with Gasteiger partial charge >= 0.3 is 0 Å². The van der Waals surface area contributed by atoms with Crippen LogP contribution >= 0.6 is 11.6 Å². The number of nitrogens with one attached hydrogen (secondary N) is 2. The van der Waals surface area contributed by atoms with Gasteiger partial charge in [0.2, 0.25) is 5.91 Å². The molecule has 0 aliphatic rings. The summed E-state index contributed by atoms with van der Waals surface area (Å²) < 4.78 is 12.8. The van der Waals surface area contributed by atoms with Crippen molar-refractivity contribution in [1.29, 1.82) is 0 Å². The van der Waals surface area contributed by atoms with Crippen molar-refractivity contribution in [3.05, 3.63) is 70.5 Å². The topological polar surface area (TPSA) is 41.1 Å². The number of hydrogen-bond acceptors (Lipinski definition) is 2. The van der Waals surface area contributed by atoms with Gasteiger partial charge in [-0.25, -0.2) is 4.39 Å². The Balaban J connectivity index is 1.79. The van der Waals surface area contributed by atoms with Crippen LogP contribution in [0.5, 0.6) is 0 Å². The Morgan fingerprint density at radius 2 is 1.79 bits per heavy atom. The second-order valence-electron chi connectivity index (χ2n) is 5.80. The smallest absolute Gasteiger partial charge is 0.236 e. The van der Waals surface area contributed by atoms with E-state index in [4.69, 9.17) is 11.6 Å². The minimum atomic E-state index is -0.343. The van der Waals surface area contributed by atoms with Crippen molar-refractivity contribution in [2.45, 2.75) is 32.4 Å². The van der Waals surface area contributed by atoms with Crippen LogP contribution in [0.2, 0.25) is 5.02 Å². The molecule has 0 spiro atoms. The molecule has 5 heteroatoms. The summed E-state index contributed by atoms with van der Waals surface area (Å²) in [6.07, 6.45) is 0.665. The lowest BCUT2D eigenvalue weighted by Crippen LogP contribution is -2.43. The van der Waals surface area contributed by atoms with Crippen LogP contribution in [-0.4, -0.2) is 18.5 Å². The quantitative estimate of drug-likeness (QED) is 0.797. The lowest BCUT2D eigenvalue weighted by atomic mass is 10.1. The Kier molecular flexibility index (Phi) is 6.76. The SMILES string of the molecule is CC(NC(C)c1ccccc1Cl)C(=O)NCCc1ccc(F)cc1. The summed E-state index contributed by atoms with van der Waals surface area (Å²) in [4.78, 5) is 12.2. The number of halogens is 2. The van der Waals surface area contributed by atoms with E-state index in [1.807, 2.05) is 38.1 Å². The lowest BCUT2D eigenvalue weighted by molar-refractivity contribution is -0.122. The fourth-order valence-corrected chi connectivity index (χ4v) is 2.80. The number of amides is 1. The normalized spacial score (nSPS) is 13.3. The van der Waals surface area contributed by atoms with E-state index in [2.05, 4.69) is 10.6 Å². The monoisotopic (exact) mass is 348 g/mol. The fourth-order valence-electron chi connectivity index (χ4n) is 2.50. The van der Waals surface area contributed by atoms with Crippen LogP contribution in [0.1, 0.15) is 31.0 Å². The van der Waals surface area contributed by atoms with E-state index >= 15 is 0 Å². The average molecular weight is 349 g/mol. The van der Waals surface area contributed by atoms with Gasteiger partial charge in [0.15, 0.2) is 0 Å². The van der Waals surface area contributed by atoms with Crippen molar-refractivity contribution in [3.8, 4) is 0 Å². The number of rotatable bonds is 7. The van der Waals surface area contributed by atoms with E-state index < -0.39 is 0 Å². The predicted molar refractivity (Wildman–Crippen MR) is 95.6 cm³/mol. The fraction of sp³-hybridized carbons (Fsp3) is 0.316. The minimum Gasteiger partial charge on any atom is -0.354 e. The maximum atomic E-state index is 12.8. The van der Waals surface area contributed by atoms with E-state index in [-0.39, 0.29) is 23.8 Å². The highest BCUT2D eigenvalue weighted by Gasteiger charge is 2.17. The zero-order valence-corrected chi connectivity index (χ0v) is 14.6. The van der Waals surface area contributed by atoms with E-state index in [1.165, 1.54) is 12.1 Å². The maximum absolute atomic E-state index is 12.8. The summed E-state index contributed by atoms with van der Waals surface area (Å²) in [6, 6.07) is 13.5. The maximum Gasteiger partial charge on any atom is 0.236 e. The van der Waals surface area contributed by atoms with Crippen molar-refractivity contribution >= 4 is 17.5 Å². The van der Waals surface area contributed by atoms with Gasteiger partial charge in [-0.05, 0) is 49.6 Å². The van der Waals surface area contributed by atoms with Crippen molar-refractivity contribution < 1.29 is 9.18 Å². The molecule has 2 N–H and O–H groups in total. The second-order valence-corrected chi connectivity index (χ2v) is 6.21. The Morgan fingerprint density at radius 1 is 1.12 bits per heavy atom. The Bertz CT molecular complexity index is 675. The molecule has 0 saturated heterocycles. The van der Waals surface area contributed by atoms with Gasteiger partial charge in [0.25, 0.3) is 0 Å². The van der Waals surface area contributed by atoms with Crippen LogP contribution in [0, 0.1) is 5.82 Å². The van der Waals surface area contributed by atoms with E-state index in [0.717, 1.165) is 11.1 Å². The molecular formula is C19H22ClFN2O. The molecule has 24 heavy (non-hydrogen) atoms. The molecular weight excluding hydrogens is 327 g/mol. The number of benzene rings is 2. The van der Waals surface area contributed by atoms with Crippen LogP contribution in [0.15, 0.2) is 48.5 Å². The number of carbonyl (C=O) groups excluding carboxylic acids is 1. The first-order valence-corrected chi connectivity index (χ1v) is 8.38. The highest BCUT2D eigenvalue weighted by molar-refractivity contribution is 6.31. The van der Waals surface area contributed by atoms with Gasteiger partial charge in [-0.15, -0.1) is 0 Å². The molecule has 0 aliphatic heterocycles. The van der Waals surface area contributed by atoms with Gasteiger partial charge in [-0.1, -0.05) is 41.9 Å². The average Bonchev–Trinajstić information content (AvgIpc) is 2.56. The third kappa shape index (κ3) is 5.32. The Labute approximate surface area is 147 Å². The first kappa shape index (κ1) is 18.4. The molecule has 2 aromatic rings. The zero-order chi connectivity index (χ0) is 17.5. The molecule has 0 radical (unpaired) electrons. The molecule has 0 aliphatic carbocycles. The molecule has 2 rings (SSSR count). The van der Waals surface area contributed by atoms with Crippen molar-refractivity contribution in [2.75, 3.05) is 6.54 Å². The first-order chi connectivity index (χ1) is 11.5. The zero-order valence-electron chi connectivity index (χ0n) is 13.9. The summed E-state index contributed by atoms with van der Waals surface area (Å²) >= 11 is 6.18. The largest absolute Gasteiger partial charge is 0.354 e. The van der Waals surface area contributed by atoms with Crippen molar-refractivity contribution in [3.63, 3.8) is 0 Å². The summed E-state index contributed by atoms with van der Waals surface area (Å²) in [5.74, 6) is -0.329. The van der Waals surface area contributed by atoms with Gasteiger partial charge < -0.3 is 5.32 Å². The van der Waals surface area contributed by atoms with Crippen LogP contribution in [-0.2, 0) is 11.2 Å². The second kappa shape index (κ2) is 8.81. The molecule has 0 heterocycles. The minimum absolute atomic E-state index is 0.0310. The highest BCUT2D eigenvalue weighted by Crippen LogP contribution is 2.22. The predicted octanol–water partition coefficient (Wildman–Crippen LogP) is 3.88. The van der Waals surface area contributed by atoms with E-state index in [1.54, 1.807) is 12.1 Å². The van der Waals surface area contributed by atoms with Crippen LogP contribution in [0.3, 0.4) is 0 Å². The summed E-state index contributed by atoms with van der Waals surface area (Å²) in [7, 11) is 0. The van der Waals surface area contributed by atoms with E-state index in [9.17, 15) is 9.18 Å².